The van der Waals surface area contributed by atoms with Crippen molar-refractivity contribution in [3.8, 4) is 0 Å². The number of fused-ring (bicyclic) bond motifs is 2. The molecule has 2 aliphatic heterocycles. The molecular weight excluding hydrogens is 310 g/mol. The lowest BCUT2D eigenvalue weighted by Crippen LogP contribution is -2.39. The number of anilines is 1. The number of rotatable bonds is 4. The third kappa shape index (κ3) is 2.30. The molecule has 1 fully saturated rings. The first-order valence-corrected chi connectivity index (χ1v) is 7.44. The number of methoxy groups -OCH3 is 1. The Bertz CT molecular complexity index is 666. The first-order chi connectivity index (χ1) is 10.5. The Morgan fingerprint density at radius 3 is 2.59 bits per heavy atom. The van der Waals surface area contributed by atoms with Crippen LogP contribution in [0.15, 0.2) is 23.6 Å². The molecule has 1 saturated heterocycles. The van der Waals surface area contributed by atoms with Crippen LogP contribution < -0.4 is 5.32 Å². The van der Waals surface area contributed by atoms with E-state index in [-0.39, 0.29) is 4.88 Å². The summed E-state index contributed by atoms with van der Waals surface area (Å²) in [6, 6.07) is 1.58. The minimum atomic E-state index is -1.07. The molecule has 7 nitrogen and oxygen atoms in total. The van der Waals surface area contributed by atoms with Crippen molar-refractivity contribution in [3.05, 3.63) is 28.5 Å². The van der Waals surface area contributed by atoms with Crippen LogP contribution in [-0.2, 0) is 19.1 Å². The van der Waals surface area contributed by atoms with E-state index in [1.54, 1.807) is 23.6 Å². The van der Waals surface area contributed by atoms with Crippen molar-refractivity contribution in [2.45, 2.75) is 12.2 Å². The van der Waals surface area contributed by atoms with Gasteiger partial charge in [0.15, 0.2) is 0 Å². The van der Waals surface area contributed by atoms with E-state index in [1.807, 2.05) is 0 Å². The fourth-order valence-corrected chi connectivity index (χ4v) is 3.56. The Hall–Kier alpha value is -2.19. The van der Waals surface area contributed by atoms with E-state index in [4.69, 9.17) is 4.74 Å². The summed E-state index contributed by atoms with van der Waals surface area (Å²) in [4.78, 5) is 35.7. The Kier molecular flexibility index (Phi) is 3.71. The molecule has 2 bridgehead atoms. The molecule has 0 unspecified atom stereocenters. The number of aliphatic carboxylic acids is 1. The molecule has 1 aromatic heterocycles. The zero-order valence-corrected chi connectivity index (χ0v) is 12.3. The van der Waals surface area contributed by atoms with Crippen LogP contribution in [0.1, 0.15) is 9.67 Å². The molecule has 3 heterocycles. The minimum absolute atomic E-state index is 0.266. The predicted octanol–water partition coefficient (Wildman–Crippen LogP) is 1.13. The van der Waals surface area contributed by atoms with Gasteiger partial charge in [-0.15, -0.1) is 11.3 Å². The largest absolute Gasteiger partial charge is 0.481 e. The van der Waals surface area contributed by atoms with Gasteiger partial charge in [0.25, 0.3) is 0 Å². The number of hydrogen-bond donors (Lipinski definition) is 2. The maximum atomic E-state index is 12.4. The molecule has 3 rings (SSSR count). The lowest BCUT2D eigenvalue weighted by molar-refractivity contribution is -0.145. The number of nitrogens with one attached hydrogen (secondary N) is 1. The Labute approximate surface area is 129 Å². The highest BCUT2D eigenvalue weighted by Crippen LogP contribution is 2.40. The predicted molar refractivity (Wildman–Crippen MR) is 76.7 cm³/mol. The van der Waals surface area contributed by atoms with Gasteiger partial charge in [-0.1, -0.05) is 12.2 Å². The fraction of sp³-hybridized carbons (Fsp3) is 0.357. The van der Waals surface area contributed by atoms with Gasteiger partial charge in [-0.2, -0.15) is 0 Å². The van der Waals surface area contributed by atoms with Crippen molar-refractivity contribution in [3.63, 3.8) is 0 Å². The summed E-state index contributed by atoms with van der Waals surface area (Å²) in [5, 5.41) is 13.6. The highest BCUT2D eigenvalue weighted by atomic mass is 32.1. The first kappa shape index (κ1) is 14.7. The molecule has 0 radical (unpaired) electrons. The standard InChI is InChI=1S/C14H13NO6S/c1-20-14(19)11-6(4-5-22-11)15-12(16)9-7-2-3-8(21-7)10(9)13(17)18/h2-5,7-10H,1H3,(H,15,16)(H,17,18)/t7-,8-,9+,10+/m1/s1. The van der Waals surface area contributed by atoms with Gasteiger partial charge in [0.2, 0.25) is 5.91 Å². The highest BCUT2D eigenvalue weighted by Gasteiger charge is 2.53. The Morgan fingerprint density at radius 1 is 1.27 bits per heavy atom. The summed E-state index contributed by atoms with van der Waals surface area (Å²) in [5.41, 5.74) is 0.317. The van der Waals surface area contributed by atoms with Gasteiger partial charge in [-0.3, -0.25) is 9.59 Å². The van der Waals surface area contributed by atoms with Gasteiger partial charge in [0.1, 0.15) is 10.8 Å². The van der Waals surface area contributed by atoms with Crippen LogP contribution in [0.3, 0.4) is 0 Å². The van der Waals surface area contributed by atoms with Gasteiger partial charge >= 0.3 is 11.9 Å². The summed E-state index contributed by atoms with van der Waals surface area (Å²) >= 11 is 1.14. The van der Waals surface area contributed by atoms with Crippen molar-refractivity contribution in [2.24, 2.45) is 11.8 Å². The molecule has 2 N–H and O–H groups in total. The zero-order chi connectivity index (χ0) is 15.9. The summed E-state index contributed by atoms with van der Waals surface area (Å²) in [6.07, 6.45) is 2.23. The van der Waals surface area contributed by atoms with Crippen LogP contribution in [0.2, 0.25) is 0 Å². The second kappa shape index (κ2) is 5.54. The average molecular weight is 323 g/mol. The zero-order valence-electron chi connectivity index (χ0n) is 11.5. The fourth-order valence-electron chi connectivity index (χ4n) is 2.79. The van der Waals surface area contributed by atoms with Gasteiger partial charge in [-0.25, -0.2) is 4.79 Å². The van der Waals surface area contributed by atoms with Crippen LogP contribution in [0.25, 0.3) is 0 Å². The monoisotopic (exact) mass is 323 g/mol. The third-order valence-corrected chi connectivity index (χ3v) is 4.68. The summed E-state index contributed by atoms with van der Waals surface area (Å²) < 4.78 is 10.1. The second-order valence-electron chi connectivity index (χ2n) is 4.98. The van der Waals surface area contributed by atoms with Crippen molar-refractivity contribution < 1.29 is 29.0 Å². The summed E-state index contributed by atoms with van der Waals surface area (Å²) in [6.45, 7) is 0. The second-order valence-corrected chi connectivity index (χ2v) is 5.90. The number of ether oxygens (including phenoxy) is 2. The number of amides is 1. The van der Waals surface area contributed by atoms with Crippen molar-refractivity contribution >= 4 is 34.9 Å². The number of thiophene rings is 1. The Morgan fingerprint density at radius 2 is 1.95 bits per heavy atom. The van der Waals surface area contributed by atoms with Gasteiger partial charge in [-0.05, 0) is 11.4 Å². The molecule has 4 atom stereocenters. The number of esters is 1. The van der Waals surface area contributed by atoms with Crippen molar-refractivity contribution in [1.29, 1.82) is 0 Å². The van der Waals surface area contributed by atoms with E-state index in [0.717, 1.165) is 11.3 Å². The van der Waals surface area contributed by atoms with Crippen LogP contribution in [0.4, 0.5) is 5.69 Å². The first-order valence-electron chi connectivity index (χ1n) is 6.56. The van der Waals surface area contributed by atoms with Crippen molar-refractivity contribution in [1.82, 2.24) is 0 Å². The topological polar surface area (TPSA) is 102 Å². The lowest BCUT2D eigenvalue weighted by atomic mass is 9.82. The van der Waals surface area contributed by atoms with E-state index in [0.29, 0.717) is 5.69 Å². The molecule has 22 heavy (non-hydrogen) atoms. The molecule has 2 aliphatic rings. The van der Waals surface area contributed by atoms with Crippen LogP contribution in [-0.4, -0.2) is 42.3 Å². The van der Waals surface area contributed by atoms with E-state index < -0.39 is 41.9 Å². The number of hydrogen-bond acceptors (Lipinski definition) is 6. The molecule has 0 spiro atoms. The highest BCUT2D eigenvalue weighted by molar-refractivity contribution is 7.12. The summed E-state index contributed by atoms with van der Waals surface area (Å²) in [5.74, 6) is -3.85. The molecule has 116 valence electrons. The lowest BCUT2D eigenvalue weighted by Gasteiger charge is -2.20. The SMILES string of the molecule is COC(=O)c1sccc1NC(=O)[C@@H]1[C@@H](C(=O)O)[C@H]2C=C[C@H]1O2. The number of carboxylic acid groups (broad SMARTS) is 1. The van der Waals surface area contributed by atoms with E-state index in [1.165, 1.54) is 7.11 Å². The van der Waals surface area contributed by atoms with Crippen molar-refractivity contribution in [2.75, 3.05) is 12.4 Å². The average Bonchev–Trinajstić information content (AvgIpc) is 3.20. The molecule has 1 amide bonds. The molecular formula is C14H13NO6S. The molecule has 0 aliphatic carbocycles. The van der Waals surface area contributed by atoms with E-state index in [2.05, 4.69) is 10.1 Å². The van der Waals surface area contributed by atoms with Gasteiger partial charge < -0.3 is 19.9 Å². The van der Waals surface area contributed by atoms with E-state index >= 15 is 0 Å². The molecule has 0 aromatic carbocycles. The molecule has 1 aromatic rings. The van der Waals surface area contributed by atoms with Gasteiger partial charge in [0.05, 0.1) is 30.9 Å². The van der Waals surface area contributed by atoms with Crippen LogP contribution >= 0.6 is 11.3 Å². The van der Waals surface area contributed by atoms with Gasteiger partial charge in [0, 0.05) is 0 Å². The third-order valence-electron chi connectivity index (χ3n) is 3.78. The van der Waals surface area contributed by atoms with Crippen LogP contribution in [0.5, 0.6) is 0 Å². The number of carbonyl (C=O) groups excluding carboxylic acids is 2. The minimum Gasteiger partial charge on any atom is -0.481 e. The van der Waals surface area contributed by atoms with Crippen LogP contribution in [0, 0.1) is 11.8 Å². The maximum Gasteiger partial charge on any atom is 0.350 e. The summed E-state index contributed by atoms with van der Waals surface area (Å²) in [7, 11) is 1.25. The molecule has 8 heteroatoms. The smallest absolute Gasteiger partial charge is 0.350 e. The maximum absolute atomic E-state index is 12.4. The molecule has 0 saturated carbocycles. The quantitative estimate of drug-likeness (QED) is 0.636. The van der Waals surface area contributed by atoms with E-state index in [9.17, 15) is 19.5 Å². The number of carbonyl (C=O) groups is 3. The Balaban J connectivity index is 1.80. The normalized spacial score (nSPS) is 28.6. The number of carboxylic acids is 1.